The third-order valence-electron chi connectivity index (χ3n) is 3.21. The fourth-order valence-electron chi connectivity index (χ4n) is 2.04. The van der Waals surface area contributed by atoms with Gasteiger partial charge in [-0.2, -0.15) is 0 Å². The zero-order valence-electron chi connectivity index (χ0n) is 12.4. The minimum Gasteiger partial charge on any atom is -0.481 e. The van der Waals surface area contributed by atoms with E-state index in [9.17, 15) is 14.0 Å². The van der Waals surface area contributed by atoms with Crippen molar-refractivity contribution in [1.82, 2.24) is 4.90 Å². The summed E-state index contributed by atoms with van der Waals surface area (Å²) in [5.41, 5.74) is 0.511. The normalized spacial score (nSPS) is 10.2. The molecular formula is C15H21FN2O3. The van der Waals surface area contributed by atoms with Gasteiger partial charge in [-0.25, -0.2) is 4.39 Å². The van der Waals surface area contributed by atoms with E-state index in [-0.39, 0.29) is 25.4 Å². The van der Waals surface area contributed by atoms with Crippen molar-refractivity contribution in [2.45, 2.75) is 20.3 Å². The number of benzene rings is 1. The van der Waals surface area contributed by atoms with Gasteiger partial charge in [0.15, 0.2) is 0 Å². The zero-order chi connectivity index (χ0) is 15.8. The van der Waals surface area contributed by atoms with Crippen LogP contribution in [0.15, 0.2) is 24.3 Å². The number of rotatable bonds is 8. The zero-order valence-corrected chi connectivity index (χ0v) is 12.4. The molecule has 0 saturated heterocycles. The summed E-state index contributed by atoms with van der Waals surface area (Å²) in [6.45, 7) is 5.14. The summed E-state index contributed by atoms with van der Waals surface area (Å²) < 4.78 is 13.3. The number of halogens is 1. The van der Waals surface area contributed by atoms with Gasteiger partial charge in [0, 0.05) is 25.3 Å². The second-order valence-corrected chi connectivity index (χ2v) is 4.61. The molecule has 0 aliphatic rings. The highest BCUT2D eigenvalue weighted by atomic mass is 19.1. The molecule has 0 radical (unpaired) electrons. The second-order valence-electron chi connectivity index (χ2n) is 4.61. The van der Waals surface area contributed by atoms with Gasteiger partial charge in [0.05, 0.1) is 13.0 Å². The fourth-order valence-corrected chi connectivity index (χ4v) is 2.04. The molecule has 0 aliphatic heterocycles. The summed E-state index contributed by atoms with van der Waals surface area (Å²) in [6.07, 6.45) is -0.109. The van der Waals surface area contributed by atoms with Crippen molar-refractivity contribution in [1.29, 1.82) is 0 Å². The van der Waals surface area contributed by atoms with Crippen molar-refractivity contribution in [2.24, 2.45) is 0 Å². The number of nitrogens with zero attached hydrogens (tertiary/aromatic N) is 2. The first-order valence-corrected chi connectivity index (χ1v) is 6.98. The average molecular weight is 296 g/mol. The number of carbonyl (C=O) groups is 2. The first-order valence-electron chi connectivity index (χ1n) is 6.98. The second kappa shape index (κ2) is 8.24. The first kappa shape index (κ1) is 16.9. The molecule has 0 spiro atoms. The number of amides is 1. The Hall–Kier alpha value is -2.11. The van der Waals surface area contributed by atoms with Crippen LogP contribution in [0.3, 0.4) is 0 Å². The molecule has 1 aromatic carbocycles. The number of carbonyl (C=O) groups excluding carboxylic acids is 1. The quantitative estimate of drug-likeness (QED) is 0.797. The van der Waals surface area contributed by atoms with Crippen molar-refractivity contribution in [3.8, 4) is 0 Å². The Bertz CT molecular complexity index is 490. The maximum atomic E-state index is 13.3. The van der Waals surface area contributed by atoms with Crippen LogP contribution < -0.4 is 4.90 Å². The number of aliphatic carboxylic acids is 1. The SMILES string of the molecule is CCN(CC)C(=O)CN(CCC(=O)O)c1cccc(F)c1. The summed E-state index contributed by atoms with van der Waals surface area (Å²) in [6, 6.07) is 5.82. The van der Waals surface area contributed by atoms with Gasteiger partial charge in [-0.15, -0.1) is 0 Å². The Labute approximate surface area is 124 Å². The number of carboxylic acid groups (broad SMARTS) is 1. The monoisotopic (exact) mass is 296 g/mol. The average Bonchev–Trinajstić information content (AvgIpc) is 2.44. The lowest BCUT2D eigenvalue weighted by Crippen LogP contribution is -2.41. The number of hydrogen-bond donors (Lipinski definition) is 1. The van der Waals surface area contributed by atoms with Crippen molar-refractivity contribution in [3.63, 3.8) is 0 Å². The molecule has 0 saturated carbocycles. The highest BCUT2D eigenvalue weighted by molar-refractivity contribution is 5.81. The van der Waals surface area contributed by atoms with Gasteiger partial charge in [0.1, 0.15) is 5.82 Å². The van der Waals surface area contributed by atoms with Crippen LogP contribution >= 0.6 is 0 Å². The molecular weight excluding hydrogens is 275 g/mol. The number of hydrogen-bond acceptors (Lipinski definition) is 3. The third-order valence-corrected chi connectivity index (χ3v) is 3.21. The maximum Gasteiger partial charge on any atom is 0.305 e. The minimum atomic E-state index is -0.952. The molecule has 21 heavy (non-hydrogen) atoms. The van der Waals surface area contributed by atoms with Crippen LogP contribution in [-0.4, -0.2) is 48.1 Å². The summed E-state index contributed by atoms with van der Waals surface area (Å²) in [7, 11) is 0. The van der Waals surface area contributed by atoms with Crippen molar-refractivity contribution in [3.05, 3.63) is 30.1 Å². The molecule has 0 heterocycles. The van der Waals surface area contributed by atoms with E-state index < -0.39 is 11.8 Å². The molecule has 0 aliphatic carbocycles. The van der Waals surface area contributed by atoms with Gasteiger partial charge < -0.3 is 14.9 Å². The third kappa shape index (κ3) is 5.41. The number of likely N-dealkylation sites (N-methyl/N-ethyl adjacent to an activating group) is 1. The Balaban J connectivity index is 2.86. The Kier molecular flexibility index (Phi) is 6.65. The van der Waals surface area contributed by atoms with E-state index in [2.05, 4.69) is 0 Å². The Morgan fingerprint density at radius 1 is 1.24 bits per heavy atom. The summed E-state index contributed by atoms with van der Waals surface area (Å²) in [5, 5.41) is 8.80. The van der Waals surface area contributed by atoms with Crippen LogP contribution in [0.1, 0.15) is 20.3 Å². The molecule has 6 heteroatoms. The van der Waals surface area contributed by atoms with E-state index in [4.69, 9.17) is 5.11 Å². The molecule has 116 valence electrons. The lowest BCUT2D eigenvalue weighted by molar-refractivity contribution is -0.137. The number of anilines is 1. The lowest BCUT2D eigenvalue weighted by atomic mass is 10.2. The van der Waals surface area contributed by atoms with Gasteiger partial charge in [-0.05, 0) is 32.0 Å². The standard InChI is InChI=1S/C15H21FN2O3/c1-3-17(4-2)14(19)11-18(9-8-15(20)21)13-7-5-6-12(16)10-13/h5-7,10H,3-4,8-9,11H2,1-2H3,(H,20,21). The largest absolute Gasteiger partial charge is 0.481 e. The predicted molar refractivity (Wildman–Crippen MR) is 78.8 cm³/mol. The van der Waals surface area contributed by atoms with Crippen molar-refractivity contribution < 1.29 is 19.1 Å². The molecule has 1 aromatic rings. The van der Waals surface area contributed by atoms with E-state index in [0.717, 1.165) is 0 Å². The van der Waals surface area contributed by atoms with Crippen LogP contribution in [0.5, 0.6) is 0 Å². The van der Waals surface area contributed by atoms with E-state index >= 15 is 0 Å². The molecule has 0 aromatic heterocycles. The Morgan fingerprint density at radius 2 is 1.90 bits per heavy atom. The molecule has 1 N–H and O–H groups in total. The summed E-state index contributed by atoms with van der Waals surface area (Å²) >= 11 is 0. The van der Waals surface area contributed by atoms with Crippen LogP contribution in [0.2, 0.25) is 0 Å². The smallest absolute Gasteiger partial charge is 0.305 e. The molecule has 0 atom stereocenters. The van der Waals surface area contributed by atoms with Crippen LogP contribution in [0.25, 0.3) is 0 Å². The maximum absolute atomic E-state index is 13.3. The molecule has 0 fully saturated rings. The predicted octanol–water partition coefficient (Wildman–Crippen LogP) is 1.98. The van der Waals surface area contributed by atoms with Crippen molar-refractivity contribution in [2.75, 3.05) is 31.1 Å². The molecule has 1 amide bonds. The van der Waals surface area contributed by atoms with Crippen LogP contribution in [-0.2, 0) is 9.59 Å². The van der Waals surface area contributed by atoms with Crippen molar-refractivity contribution >= 4 is 17.6 Å². The molecule has 5 nitrogen and oxygen atoms in total. The lowest BCUT2D eigenvalue weighted by Gasteiger charge is -2.27. The fraction of sp³-hybridized carbons (Fsp3) is 0.467. The van der Waals surface area contributed by atoms with E-state index in [1.165, 1.54) is 12.1 Å². The summed E-state index contributed by atoms with van der Waals surface area (Å²) in [4.78, 5) is 26.2. The molecule has 1 rings (SSSR count). The highest BCUT2D eigenvalue weighted by Crippen LogP contribution is 2.16. The molecule has 0 bridgehead atoms. The van der Waals surface area contributed by atoms with E-state index in [0.29, 0.717) is 18.8 Å². The van der Waals surface area contributed by atoms with E-state index in [1.807, 2.05) is 13.8 Å². The molecule has 0 unspecified atom stereocenters. The summed E-state index contributed by atoms with van der Waals surface area (Å²) in [5.74, 6) is -1.47. The first-order chi connectivity index (χ1) is 9.97. The minimum absolute atomic E-state index is 0.0401. The van der Waals surface area contributed by atoms with Gasteiger partial charge in [-0.1, -0.05) is 6.07 Å². The van der Waals surface area contributed by atoms with Crippen LogP contribution in [0, 0.1) is 5.82 Å². The van der Waals surface area contributed by atoms with Gasteiger partial charge >= 0.3 is 5.97 Å². The topological polar surface area (TPSA) is 60.9 Å². The number of carboxylic acids is 1. The van der Waals surface area contributed by atoms with Crippen LogP contribution in [0.4, 0.5) is 10.1 Å². The van der Waals surface area contributed by atoms with Gasteiger partial charge in [-0.3, -0.25) is 9.59 Å². The van der Waals surface area contributed by atoms with Gasteiger partial charge in [0.25, 0.3) is 0 Å². The Morgan fingerprint density at radius 3 is 2.43 bits per heavy atom. The van der Waals surface area contributed by atoms with E-state index in [1.54, 1.807) is 21.9 Å². The van der Waals surface area contributed by atoms with Gasteiger partial charge in [0.2, 0.25) is 5.91 Å². The highest BCUT2D eigenvalue weighted by Gasteiger charge is 2.17.